The fourth-order valence-corrected chi connectivity index (χ4v) is 2.16. The summed E-state index contributed by atoms with van der Waals surface area (Å²) in [6, 6.07) is 7.48. The Morgan fingerprint density at radius 2 is 2.29 bits per heavy atom. The summed E-state index contributed by atoms with van der Waals surface area (Å²) >= 11 is 0. The number of nitrogens with two attached hydrogens (primary N) is 1. The van der Waals surface area contributed by atoms with Crippen molar-refractivity contribution < 1.29 is 5.11 Å². The van der Waals surface area contributed by atoms with Crippen molar-refractivity contribution in [1.82, 2.24) is 4.90 Å². The molecule has 0 bridgehead atoms. The van der Waals surface area contributed by atoms with Crippen molar-refractivity contribution in [1.29, 1.82) is 0 Å². The van der Waals surface area contributed by atoms with Gasteiger partial charge in [-0.3, -0.25) is 4.99 Å². The minimum absolute atomic E-state index is 0.157. The van der Waals surface area contributed by atoms with Crippen molar-refractivity contribution in [3.8, 4) is 5.75 Å². The second-order valence-corrected chi connectivity index (χ2v) is 4.86. The Bertz CT molecular complexity index is 428. The monoisotopic (exact) mass is 233 g/mol. The van der Waals surface area contributed by atoms with Crippen LogP contribution in [0.5, 0.6) is 5.75 Å². The quantitative estimate of drug-likeness (QED) is 0.835. The van der Waals surface area contributed by atoms with Crippen molar-refractivity contribution in [2.75, 3.05) is 13.1 Å². The van der Waals surface area contributed by atoms with E-state index in [1.54, 1.807) is 12.1 Å². The summed E-state index contributed by atoms with van der Waals surface area (Å²) in [6.45, 7) is 5.87. The molecule has 2 rings (SSSR count). The molecular weight excluding hydrogens is 214 g/mol. The van der Waals surface area contributed by atoms with Gasteiger partial charge in [-0.2, -0.15) is 0 Å². The predicted molar refractivity (Wildman–Crippen MR) is 68.9 cm³/mol. The molecule has 17 heavy (non-hydrogen) atoms. The van der Waals surface area contributed by atoms with Crippen LogP contribution in [0.1, 0.15) is 25.5 Å². The highest BCUT2D eigenvalue weighted by molar-refractivity contribution is 5.80. The van der Waals surface area contributed by atoms with Crippen molar-refractivity contribution >= 4 is 5.96 Å². The van der Waals surface area contributed by atoms with E-state index in [4.69, 9.17) is 5.73 Å². The zero-order chi connectivity index (χ0) is 12.4. The molecule has 0 radical (unpaired) electrons. The van der Waals surface area contributed by atoms with Crippen molar-refractivity contribution in [3.63, 3.8) is 0 Å². The second kappa shape index (κ2) is 4.65. The third-order valence-corrected chi connectivity index (χ3v) is 2.91. The lowest BCUT2D eigenvalue weighted by molar-refractivity contribution is 0.308. The average Bonchev–Trinajstić information content (AvgIpc) is 2.60. The molecule has 1 unspecified atom stereocenters. The van der Waals surface area contributed by atoms with Gasteiger partial charge in [0.1, 0.15) is 5.75 Å². The maximum Gasteiger partial charge on any atom is 0.191 e. The number of nitrogens with zero attached hydrogens (tertiary/aromatic N) is 2. The second-order valence-electron chi connectivity index (χ2n) is 4.86. The van der Waals surface area contributed by atoms with Crippen LogP contribution in [0.15, 0.2) is 29.3 Å². The summed E-state index contributed by atoms with van der Waals surface area (Å²) in [4.78, 5) is 6.41. The Labute approximate surface area is 102 Å². The molecule has 3 N–H and O–H groups in total. The number of aliphatic imine (C=N–C) groups is 1. The molecule has 0 aliphatic carbocycles. The van der Waals surface area contributed by atoms with Crippen LogP contribution in [0.3, 0.4) is 0 Å². The zero-order valence-electron chi connectivity index (χ0n) is 10.3. The van der Waals surface area contributed by atoms with E-state index in [0.717, 1.165) is 12.1 Å². The zero-order valence-corrected chi connectivity index (χ0v) is 10.3. The first-order valence-corrected chi connectivity index (χ1v) is 5.93. The number of guanidine groups is 1. The number of benzene rings is 1. The maximum absolute atomic E-state index is 9.52. The van der Waals surface area contributed by atoms with Gasteiger partial charge in [0.2, 0.25) is 0 Å². The van der Waals surface area contributed by atoms with Crippen molar-refractivity contribution in [2.45, 2.75) is 19.9 Å². The highest BCUT2D eigenvalue weighted by atomic mass is 16.3. The number of aromatic hydroxyl groups is 1. The summed E-state index contributed by atoms with van der Waals surface area (Å²) in [6.07, 6.45) is 0. The molecule has 0 saturated heterocycles. The minimum Gasteiger partial charge on any atom is -0.508 e. The van der Waals surface area contributed by atoms with Gasteiger partial charge < -0.3 is 15.7 Å². The summed E-state index contributed by atoms with van der Waals surface area (Å²) in [7, 11) is 0. The molecule has 0 spiro atoms. The van der Waals surface area contributed by atoms with Crippen LogP contribution in [0, 0.1) is 5.92 Å². The van der Waals surface area contributed by atoms with Gasteiger partial charge in [0.15, 0.2) is 5.96 Å². The summed E-state index contributed by atoms with van der Waals surface area (Å²) in [5.74, 6) is 1.42. The molecule has 4 nitrogen and oxygen atoms in total. The molecule has 0 saturated carbocycles. The van der Waals surface area contributed by atoms with Gasteiger partial charge >= 0.3 is 0 Å². The van der Waals surface area contributed by atoms with Crippen molar-refractivity contribution in [3.05, 3.63) is 29.8 Å². The lowest BCUT2D eigenvalue weighted by Gasteiger charge is -2.28. The van der Waals surface area contributed by atoms with Gasteiger partial charge in [0.25, 0.3) is 0 Å². The Hall–Kier alpha value is -1.71. The Balaban J connectivity index is 2.21. The Kier molecular flexibility index (Phi) is 3.22. The fourth-order valence-electron chi connectivity index (χ4n) is 2.16. The number of phenolic OH excluding ortho intramolecular Hbond substituents is 1. The van der Waals surface area contributed by atoms with Gasteiger partial charge in [0, 0.05) is 6.54 Å². The molecule has 0 fully saturated rings. The number of hydrogen-bond acceptors (Lipinski definition) is 4. The molecular formula is C13H19N3O. The topological polar surface area (TPSA) is 61.8 Å². The first-order chi connectivity index (χ1) is 8.08. The molecule has 1 heterocycles. The first-order valence-electron chi connectivity index (χ1n) is 5.93. The van der Waals surface area contributed by atoms with Crippen LogP contribution in [0.2, 0.25) is 0 Å². The number of rotatable bonds is 3. The standard InChI is InChI=1S/C13H19N3O/c1-9(2)8-16-12(7-15-13(16)14)10-4-3-5-11(17)6-10/h3-6,9,12,17H,7-8H2,1-2H3,(H2,14,15). The van der Waals surface area contributed by atoms with Gasteiger partial charge in [-0.25, -0.2) is 0 Å². The Morgan fingerprint density at radius 1 is 1.53 bits per heavy atom. The molecule has 92 valence electrons. The van der Waals surface area contributed by atoms with E-state index < -0.39 is 0 Å². The number of hydrogen-bond donors (Lipinski definition) is 2. The van der Waals surface area contributed by atoms with E-state index in [-0.39, 0.29) is 11.8 Å². The summed E-state index contributed by atoms with van der Waals surface area (Å²) < 4.78 is 0. The molecule has 1 aliphatic rings. The van der Waals surface area contributed by atoms with Crippen LogP contribution >= 0.6 is 0 Å². The van der Waals surface area contributed by atoms with Crippen LogP contribution < -0.4 is 5.73 Å². The van der Waals surface area contributed by atoms with E-state index in [1.165, 1.54) is 0 Å². The largest absolute Gasteiger partial charge is 0.508 e. The first kappa shape index (κ1) is 11.8. The van der Waals surface area contributed by atoms with Crippen molar-refractivity contribution in [2.24, 2.45) is 16.6 Å². The molecule has 0 amide bonds. The van der Waals surface area contributed by atoms with Gasteiger partial charge in [-0.1, -0.05) is 26.0 Å². The highest BCUT2D eigenvalue weighted by Gasteiger charge is 2.27. The number of phenols is 1. The smallest absolute Gasteiger partial charge is 0.191 e. The van der Waals surface area contributed by atoms with Gasteiger partial charge in [0.05, 0.1) is 12.6 Å². The van der Waals surface area contributed by atoms with E-state index in [1.807, 2.05) is 12.1 Å². The van der Waals surface area contributed by atoms with Crippen LogP contribution in [-0.4, -0.2) is 29.1 Å². The molecule has 0 aromatic heterocycles. The molecule has 1 aliphatic heterocycles. The summed E-state index contributed by atoms with van der Waals surface area (Å²) in [5.41, 5.74) is 6.97. The fraction of sp³-hybridized carbons (Fsp3) is 0.462. The molecule has 4 heteroatoms. The third kappa shape index (κ3) is 2.52. The van der Waals surface area contributed by atoms with Gasteiger partial charge in [-0.05, 0) is 23.6 Å². The van der Waals surface area contributed by atoms with E-state index >= 15 is 0 Å². The normalized spacial score (nSPS) is 19.8. The average molecular weight is 233 g/mol. The van der Waals surface area contributed by atoms with Crippen LogP contribution in [-0.2, 0) is 0 Å². The summed E-state index contributed by atoms with van der Waals surface area (Å²) in [5, 5.41) is 9.52. The van der Waals surface area contributed by atoms with Gasteiger partial charge in [-0.15, -0.1) is 0 Å². The molecule has 1 aromatic carbocycles. The van der Waals surface area contributed by atoms with E-state index in [0.29, 0.717) is 18.4 Å². The maximum atomic E-state index is 9.52. The third-order valence-electron chi connectivity index (χ3n) is 2.91. The van der Waals surface area contributed by atoms with Crippen LogP contribution in [0.25, 0.3) is 0 Å². The highest BCUT2D eigenvalue weighted by Crippen LogP contribution is 2.28. The van der Waals surface area contributed by atoms with Crippen LogP contribution in [0.4, 0.5) is 0 Å². The minimum atomic E-state index is 0.157. The Morgan fingerprint density at radius 3 is 2.94 bits per heavy atom. The molecule has 1 atom stereocenters. The molecule has 1 aromatic rings. The SMILES string of the molecule is CC(C)CN1C(N)=NCC1c1cccc(O)c1. The predicted octanol–water partition coefficient (Wildman–Crippen LogP) is 1.72. The van der Waals surface area contributed by atoms with E-state index in [9.17, 15) is 5.11 Å². The lowest BCUT2D eigenvalue weighted by Crippen LogP contribution is -2.38. The lowest BCUT2D eigenvalue weighted by atomic mass is 10.0. The van der Waals surface area contributed by atoms with E-state index in [2.05, 4.69) is 23.7 Å².